The Balaban J connectivity index is 1.88. The van der Waals surface area contributed by atoms with Gasteiger partial charge in [0.2, 0.25) is 0 Å². The maximum atomic E-state index is 12.0. The fraction of sp³-hybridized carbons (Fsp3) is 0.500. The third kappa shape index (κ3) is 4.08. The first kappa shape index (κ1) is 13.1. The SMILES string of the molecule is O=S(=O)(CCCNC1CC1)c1cccc(Br)c1. The van der Waals surface area contributed by atoms with Crippen molar-refractivity contribution >= 4 is 25.8 Å². The van der Waals surface area contributed by atoms with Gasteiger partial charge in [-0.25, -0.2) is 8.42 Å². The molecule has 0 atom stereocenters. The van der Waals surface area contributed by atoms with E-state index in [0.717, 1.165) is 11.0 Å². The molecule has 2 rings (SSSR count). The highest BCUT2D eigenvalue weighted by Gasteiger charge is 2.20. The molecule has 0 aliphatic heterocycles. The van der Waals surface area contributed by atoms with E-state index in [1.54, 1.807) is 18.2 Å². The van der Waals surface area contributed by atoms with Gasteiger partial charge in [-0.3, -0.25) is 0 Å². The molecule has 0 amide bonds. The average Bonchev–Trinajstić information content (AvgIpc) is 3.08. The van der Waals surface area contributed by atoms with Crippen LogP contribution in [0, 0.1) is 0 Å². The molecule has 0 radical (unpaired) electrons. The first-order valence-electron chi connectivity index (χ1n) is 5.80. The Hall–Kier alpha value is -0.390. The molecule has 0 bridgehead atoms. The second-order valence-corrected chi connectivity index (χ2v) is 7.38. The van der Waals surface area contributed by atoms with Gasteiger partial charge in [0.05, 0.1) is 10.6 Å². The lowest BCUT2D eigenvalue weighted by Gasteiger charge is -2.05. The van der Waals surface area contributed by atoms with E-state index in [9.17, 15) is 8.42 Å². The molecule has 1 saturated carbocycles. The Morgan fingerprint density at radius 2 is 2.12 bits per heavy atom. The lowest BCUT2D eigenvalue weighted by atomic mass is 10.4. The predicted molar refractivity (Wildman–Crippen MR) is 71.8 cm³/mol. The fourth-order valence-corrected chi connectivity index (χ4v) is 3.54. The quantitative estimate of drug-likeness (QED) is 0.819. The Labute approximate surface area is 111 Å². The van der Waals surface area contributed by atoms with E-state index in [1.165, 1.54) is 12.8 Å². The van der Waals surface area contributed by atoms with E-state index in [4.69, 9.17) is 0 Å². The fourth-order valence-electron chi connectivity index (χ4n) is 1.63. The van der Waals surface area contributed by atoms with Crippen LogP contribution in [0.1, 0.15) is 19.3 Å². The summed E-state index contributed by atoms with van der Waals surface area (Å²) in [7, 11) is -3.13. The molecule has 1 aromatic carbocycles. The van der Waals surface area contributed by atoms with Gasteiger partial charge < -0.3 is 5.32 Å². The third-order valence-corrected chi connectivity index (χ3v) is 5.05. The van der Waals surface area contributed by atoms with Crippen LogP contribution in [0.25, 0.3) is 0 Å². The zero-order chi connectivity index (χ0) is 12.3. The van der Waals surface area contributed by atoms with Crippen LogP contribution in [-0.2, 0) is 9.84 Å². The van der Waals surface area contributed by atoms with Crippen molar-refractivity contribution in [3.63, 3.8) is 0 Å². The molecule has 1 aromatic rings. The van der Waals surface area contributed by atoms with Crippen molar-refractivity contribution in [2.75, 3.05) is 12.3 Å². The molecule has 1 N–H and O–H groups in total. The van der Waals surface area contributed by atoms with Crippen LogP contribution in [0.2, 0.25) is 0 Å². The largest absolute Gasteiger partial charge is 0.314 e. The molecule has 0 saturated heterocycles. The Kier molecular flexibility index (Phi) is 4.22. The second-order valence-electron chi connectivity index (χ2n) is 4.36. The van der Waals surface area contributed by atoms with Crippen molar-refractivity contribution in [2.45, 2.75) is 30.2 Å². The minimum absolute atomic E-state index is 0.211. The highest BCUT2D eigenvalue weighted by molar-refractivity contribution is 9.10. The molecule has 1 aliphatic carbocycles. The van der Waals surface area contributed by atoms with E-state index >= 15 is 0 Å². The van der Waals surface area contributed by atoms with Crippen LogP contribution in [0.4, 0.5) is 0 Å². The number of rotatable bonds is 6. The zero-order valence-electron chi connectivity index (χ0n) is 9.52. The van der Waals surface area contributed by atoms with Crippen LogP contribution < -0.4 is 5.32 Å². The van der Waals surface area contributed by atoms with Crippen molar-refractivity contribution in [1.82, 2.24) is 5.32 Å². The third-order valence-electron chi connectivity index (χ3n) is 2.76. The maximum absolute atomic E-state index is 12.0. The zero-order valence-corrected chi connectivity index (χ0v) is 11.9. The van der Waals surface area contributed by atoms with Crippen molar-refractivity contribution in [3.05, 3.63) is 28.7 Å². The van der Waals surface area contributed by atoms with Gasteiger partial charge in [-0.2, -0.15) is 0 Å². The Morgan fingerprint density at radius 3 is 2.76 bits per heavy atom. The Morgan fingerprint density at radius 1 is 1.35 bits per heavy atom. The summed E-state index contributed by atoms with van der Waals surface area (Å²) in [6.45, 7) is 0.790. The minimum Gasteiger partial charge on any atom is -0.314 e. The molecule has 5 heteroatoms. The summed E-state index contributed by atoms with van der Waals surface area (Å²) in [6, 6.07) is 7.52. The normalized spacial score (nSPS) is 16.1. The monoisotopic (exact) mass is 317 g/mol. The molecular weight excluding hydrogens is 302 g/mol. The molecule has 1 aliphatic rings. The number of halogens is 1. The standard InChI is InChI=1S/C12H16BrNO2S/c13-10-3-1-4-12(9-10)17(15,16)8-2-7-14-11-5-6-11/h1,3-4,9,11,14H,2,5-8H2. The summed E-state index contributed by atoms with van der Waals surface area (Å²) < 4.78 is 24.8. The topological polar surface area (TPSA) is 46.2 Å². The lowest BCUT2D eigenvalue weighted by Crippen LogP contribution is -2.20. The van der Waals surface area contributed by atoms with Gasteiger partial charge in [-0.05, 0) is 44.0 Å². The number of hydrogen-bond acceptors (Lipinski definition) is 3. The summed E-state index contributed by atoms with van der Waals surface area (Å²) in [5.74, 6) is 0.211. The first-order valence-corrected chi connectivity index (χ1v) is 8.24. The molecule has 0 heterocycles. The summed E-state index contributed by atoms with van der Waals surface area (Å²) in [5, 5.41) is 3.32. The van der Waals surface area contributed by atoms with Gasteiger partial charge in [-0.1, -0.05) is 22.0 Å². The van der Waals surface area contributed by atoms with Crippen molar-refractivity contribution in [2.24, 2.45) is 0 Å². The number of benzene rings is 1. The summed E-state index contributed by atoms with van der Waals surface area (Å²) in [6.07, 6.45) is 3.14. The predicted octanol–water partition coefficient (Wildman–Crippen LogP) is 2.36. The molecule has 17 heavy (non-hydrogen) atoms. The molecule has 0 aromatic heterocycles. The summed E-state index contributed by atoms with van der Waals surface area (Å²) in [5.41, 5.74) is 0. The van der Waals surface area contributed by atoms with Gasteiger partial charge in [0.15, 0.2) is 9.84 Å². The van der Waals surface area contributed by atoms with Gasteiger partial charge in [0, 0.05) is 10.5 Å². The Bertz CT molecular complexity index is 483. The van der Waals surface area contributed by atoms with E-state index < -0.39 is 9.84 Å². The summed E-state index contributed by atoms with van der Waals surface area (Å²) >= 11 is 3.29. The van der Waals surface area contributed by atoms with E-state index in [0.29, 0.717) is 17.4 Å². The number of sulfone groups is 1. The molecule has 1 fully saturated rings. The van der Waals surface area contributed by atoms with Gasteiger partial charge in [0.1, 0.15) is 0 Å². The van der Waals surface area contributed by atoms with Gasteiger partial charge in [0.25, 0.3) is 0 Å². The van der Waals surface area contributed by atoms with Crippen molar-refractivity contribution in [3.8, 4) is 0 Å². The van der Waals surface area contributed by atoms with Crippen LogP contribution in [0.5, 0.6) is 0 Å². The van der Waals surface area contributed by atoms with Crippen LogP contribution in [0.3, 0.4) is 0 Å². The molecule has 0 spiro atoms. The minimum atomic E-state index is -3.13. The number of hydrogen-bond donors (Lipinski definition) is 1. The molecule has 3 nitrogen and oxygen atoms in total. The molecular formula is C12H16BrNO2S. The van der Waals surface area contributed by atoms with Crippen molar-refractivity contribution < 1.29 is 8.42 Å². The lowest BCUT2D eigenvalue weighted by molar-refractivity contribution is 0.588. The van der Waals surface area contributed by atoms with E-state index in [2.05, 4.69) is 21.2 Å². The van der Waals surface area contributed by atoms with Gasteiger partial charge >= 0.3 is 0 Å². The molecule has 94 valence electrons. The highest BCUT2D eigenvalue weighted by Crippen LogP contribution is 2.19. The number of nitrogens with one attached hydrogen (secondary N) is 1. The van der Waals surface area contributed by atoms with E-state index in [1.807, 2.05) is 6.07 Å². The summed E-state index contributed by atoms with van der Waals surface area (Å²) in [4.78, 5) is 0.401. The smallest absolute Gasteiger partial charge is 0.178 e. The maximum Gasteiger partial charge on any atom is 0.178 e. The van der Waals surface area contributed by atoms with Crippen molar-refractivity contribution in [1.29, 1.82) is 0 Å². The van der Waals surface area contributed by atoms with Gasteiger partial charge in [-0.15, -0.1) is 0 Å². The molecule has 0 unspecified atom stereocenters. The second kappa shape index (κ2) is 5.50. The van der Waals surface area contributed by atoms with Crippen LogP contribution >= 0.6 is 15.9 Å². The van der Waals surface area contributed by atoms with Crippen LogP contribution in [0.15, 0.2) is 33.6 Å². The van der Waals surface area contributed by atoms with Crippen LogP contribution in [-0.4, -0.2) is 26.8 Å². The highest BCUT2D eigenvalue weighted by atomic mass is 79.9. The first-order chi connectivity index (χ1) is 8.08. The average molecular weight is 318 g/mol. The van der Waals surface area contributed by atoms with E-state index in [-0.39, 0.29) is 5.75 Å².